The van der Waals surface area contributed by atoms with E-state index in [1.807, 2.05) is 36.4 Å². The van der Waals surface area contributed by atoms with E-state index in [2.05, 4.69) is 19.2 Å². The number of nitrogens with one attached hydrogen (secondary N) is 1. The summed E-state index contributed by atoms with van der Waals surface area (Å²) in [6.07, 6.45) is 0.671. The molecule has 0 bridgehead atoms. The summed E-state index contributed by atoms with van der Waals surface area (Å²) in [7, 11) is 0. The number of aliphatic carboxylic acids is 1. The summed E-state index contributed by atoms with van der Waals surface area (Å²) in [5.41, 5.74) is 1.49. The van der Waals surface area contributed by atoms with Crippen molar-refractivity contribution in [1.82, 2.24) is 0 Å². The van der Waals surface area contributed by atoms with Crippen LogP contribution in [0.4, 0.5) is 5.69 Å². The van der Waals surface area contributed by atoms with Crippen molar-refractivity contribution in [3.05, 3.63) is 59.7 Å². The fourth-order valence-electron chi connectivity index (χ4n) is 3.50. The van der Waals surface area contributed by atoms with Crippen molar-refractivity contribution in [3.63, 3.8) is 0 Å². The normalized spacial score (nSPS) is 14.6. The van der Waals surface area contributed by atoms with Crippen LogP contribution in [0, 0.1) is 11.3 Å². The van der Waals surface area contributed by atoms with E-state index in [0.717, 1.165) is 11.1 Å². The molecule has 2 N–H and O–H groups in total. The Hall–Kier alpha value is -2.82. The molecule has 0 atom stereocenters. The van der Waals surface area contributed by atoms with E-state index in [-0.39, 0.29) is 12.3 Å². The molecule has 0 heterocycles. The smallest absolute Gasteiger partial charge is 0.310 e. The van der Waals surface area contributed by atoms with Crippen molar-refractivity contribution in [2.75, 3.05) is 11.9 Å². The highest BCUT2D eigenvalue weighted by Crippen LogP contribution is 2.40. The van der Waals surface area contributed by atoms with Gasteiger partial charge in [-0.15, -0.1) is 0 Å². The number of amides is 1. The van der Waals surface area contributed by atoms with Crippen molar-refractivity contribution >= 4 is 17.6 Å². The third-order valence-electron chi connectivity index (χ3n) is 4.86. The summed E-state index contributed by atoms with van der Waals surface area (Å²) < 4.78 is 5.76. The third kappa shape index (κ3) is 4.30. The average Bonchev–Trinajstić information content (AvgIpc) is 3.00. The maximum Gasteiger partial charge on any atom is 0.310 e. The summed E-state index contributed by atoms with van der Waals surface area (Å²) >= 11 is 0. The minimum atomic E-state index is -1.10. The number of para-hydroxylation sites is 2. The van der Waals surface area contributed by atoms with Crippen molar-refractivity contribution < 1.29 is 19.4 Å². The standard InChI is InChI=1S/C22H25NO4/c1-15(2)14-27-19-10-6-5-9-18(19)23-20(24)13-22(21(25)26)11-16-7-3-4-8-17(16)12-22/h3-10,15H,11-14H2,1-2H3,(H,23,24)(H,25,26). The van der Waals surface area contributed by atoms with E-state index in [1.165, 1.54) is 0 Å². The minimum Gasteiger partial charge on any atom is -0.491 e. The molecule has 142 valence electrons. The van der Waals surface area contributed by atoms with Gasteiger partial charge >= 0.3 is 5.97 Å². The second-order valence-electron chi connectivity index (χ2n) is 7.63. The molecule has 0 aromatic heterocycles. The molecular weight excluding hydrogens is 342 g/mol. The number of fused-ring (bicyclic) bond motifs is 1. The Morgan fingerprint density at radius 2 is 1.67 bits per heavy atom. The van der Waals surface area contributed by atoms with E-state index < -0.39 is 11.4 Å². The van der Waals surface area contributed by atoms with Gasteiger partial charge in [0.1, 0.15) is 5.75 Å². The maximum atomic E-state index is 12.7. The Morgan fingerprint density at radius 1 is 1.07 bits per heavy atom. The summed E-state index contributed by atoms with van der Waals surface area (Å²) in [5.74, 6) is -0.288. The molecule has 0 unspecified atom stereocenters. The van der Waals surface area contributed by atoms with Gasteiger partial charge in [-0.3, -0.25) is 9.59 Å². The maximum absolute atomic E-state index is 12.7. The Kier molecular flexibility index (Phi) is 5.49. The number of carboxylic acids is 1. The molecule has 0 saturated heterocycles. The Balaban J connectivity index is 1.73. The first-order valence-corrected chi connectivity index (χ1v) is 9.21. The van der Waals surface area contributed by atoms with Crippen LogP contribution < -0.4 is 10.1 Å². The van der Waals surface area contributed by atoms with Gasteiger partial charge < -0.3 is 15.2 Å². The number of carboxylic acid groups (broad SMARTS) is 1. The topological polar surface area (TPSA) is 75.6 Å². The van der Waals surface area contributed by atoms with Gasteiger partial charge in [-0.25, -0.2) is 0 Å². The molecule has 3 rings (SSSR count). The molecule has 2 aromatic rings. The van der Waals surface area contributed by atoms with Crippen molar-refractivity contribution in [3.8, 4) is 5.75 Å². The summed E-state index contributed by atoms with van der Waals surface area (Å²) in [4.78, 5) is 24.7. The first-order valence-electron chi connectivity index (χ1n) is 9.21. The number of hydrogen-bond donors (Lipinski definition) is 2. The van der Waals surface area contributed by atoms with E-state index in [4.69, 9.17) is 4.74 Å². The van der Waals surface area contributed by atoms with Gasteiger partial charge in [0, 0.05) is 6.42 Å². The van der Waals surface area contributed by atoms with E-state index in [9.17, 15) is 14.7 Å². The molecule has 1 aliphatic carbocycles. The van der Waals surface area contributed by atoms with E-state index in [1.54, 1.807) is 12.1 Å². The van der Waals surface area contributed by atoms with Crippen molar-refractivity contribution in [2.45, 2.75) is 33.1 Å². The zero-order chi connectivity index (χ0) is 19.4. The van der Waals surface area contributed by atoms with Gasteiger partial charge in [0.05, 0.1) is 17.7 Å². The number of anilines is 1. The zero-order valence-electron chi connectivity index (χ0n) is 15.7. The number of carbonyl (C=O) groups is 2. The Morgan fingerprint density at radius 3 is 2.26 bits per heavy atom. The van der Waals surface area contributed by atoms with Crippen LogP contribution in [0.15, 0.2) is 48.5 Å². The third-order valence-corrected chi connectivity index (χ3v) is 4.86. The molecule has 0 aliphatic heterocycles. The number of hydrogen-bond acceptors (Lipinski definition) is 3. The van der Waals surface area contributed by atoms with Gasteiger partial charge in [0.2, 0.25) is 5.91 Å². The highest BCUT2D eigenvalue weighted by Gasteiger charge is 2.45. The lowest BCUT2D eigenvalue weighted by atomic mass is 9.81. The van der Waals surface area contributed by atoms with E-state index >= 15 is 0 Å². The van der Waals surface area contributed by atoms with Gasteiger partial charge in [-0.1, -0.05) is 50.2 Å². The van der Waals surface area contributed by atoms with Crippen LogP contribution in [0.1, 0.15) is 31.4 Å². The molecule has 0 fully saturated rings. The zero-order valence-corrected chi connectivity index (χ0v) is 15.7. The molecule has 27 heavy (non-hydrogen) atoms. The first-order chi connectivity index (χ1) is 12.9. The molecule has 5 heteroatoms. The quantitative estimate of drug-likeness (QED) is 0.778. The largest absolute Gasteiger partial charge is 0.491 e. The lowest BCUT2D eigenvalue weighted by molar-refractivity contribution is -0.150. The molecule has 0 spiro atoms. The molecule has 0 saturated carbocycles. The predicted molar refractivity (Wildman–Crippen MR) is 104 cm³/mol. The Labute approximate surface area is 159 Å². The fourth-order valence-corrected chi connectivity index (χ4v) is 3.50. The molecular formula is C22H25NO4. The van der Waals surface area contributed by atoms with Gasteiger partial charge in [-0.05, 0) is 42.0 Å². The second kappa shape index (κ2) is 7.82. The Bertz CT molecular complexity index is 819. The minimum absolute atomic E-state index is 0.0739. The highest BCUT2D eigenvalue weighted by atomic mass is 16.5. The summed E-state index contributed by atoms with van der Waals surface area (Å²) in [5, 5.41) is 12.7. The van der Waals surface area contributed by atoms with Crippen LogP contribution in [0.25, 0.3) is 0 Å². The van der Waals surface area contributed by atoms with Crippen LogP contribution >= 0.6 is 0 Å². The second-order valence-corrected chi connectivity index (χ2v) is 7.63. The van der Waals surface area contributed by atoms with Crippen LogP contribution in [0.5, 0.6) is 5.75 Å². The molecule has 5 nitrogen and oxygen atoms in total. The lowest BCUT2D eigenvalue weighted by Gasteiger charge is -2.23. The molecule has 2 aromatic carbocycles. The molecule has 1 aliphatic rings. The number of benzene rings is 2. The SMILES string of the molecule is CC(C)COc1ccccc1NC(=O)CC1(C(=O)O)Cc2ccccc2C1. The van der Waals surface area contributed by atoms with Crippen LogP contribution in [-0.2, 0) is 22.4 Å². The number of rotatable bonds is 7. The van der Waals surface area contributed by atoms with Gasteiger partial charge in [0.15, 0.2) is 0 Å². The van der Waals surface area contributed by atoms with Crippen LogP contribution in [0.3, 0.4) is 0 Å². The number of ether oxygens (including phenoxy) is 1. The molecule has 1 amide bonds. The highest BCUT2D eigenvalue weighted by molar-refractivity contribution is 5.95. The monoisotopic (exact) mass is 367 g/mol. The average molecular weight is 367 g/mol. The predicted octanol–water partition coefficient (Wildman–Crippen LogP) is 3.92. The fraction of sp³-hybridized carbons (Fsp3) is 0.364. The molecule has 0 radical (unpaired) electrons. The van der Waals surface area contributed by atoms with E-state index in [0.29, 0.717) is 36.8 Å². The van der Waals surface area contributed by atoms with Gasteiger partial charge in [-0.2, -0.15) is 0 Å². The summed E-state index contributed by atoms with van der Waals surface area (Å²) in [6, 6.07) is 14.9. The number of carbonyl (C=O) groups excluding carboxylic acids is 1. The van der Waals surface area contributed by atoms with Crippen molar-refractivity contribution in [2.24, 2.45) is 11.3 Å². The van der Waals surface area contributed by atoms with Crippen LogP contribution in [0.2, 0.25) is 0 Å². The lowest BCUT2D eigenvalue weighted by Crippen LogP contribution is -2.36. The van der Waals surface area contributed by atoms with Crippen LogP contribution in [-0.4, -0.2) is 23.6 Å². The van der Waals surface area contributed by atoms with Crippen molar-refractivity contribution in [1.29, 1.82) is 0 Å². The van der Waals surface area contributed by atoms with Gasteiger partial charge in [0.25, 0.3) is 0 Å². The summed E-state index contributed by atoms with van der Waals surface area (Å²) in [6.45, 7) is 4.65. The first kappa shape index (κ1) is 19.0.